The molecule has 9 heteroatoms. The smallest absolute Gasteiger partial charge is 0.162 e. The maximum Gasteiger partial charge on any atom is 0.162 e. The summed E-state index contributed by atoms with van der Waals surface area (Å²) in [7, 11) is 1.58. The highest BCUT2D eigenvalue weighted by Gasteiger charge is 2.14. The van der Waals surface area contributed by atoms with Gasteiger partial charge in [0.15, 0.2) is 11.5 Å². The molecule has 3 aromatic rings. The van der Waals surface area contributed by atoms with E-state index in [4.69, 9.17) is 21.1 Å². The van der Waals surface area contributed by atoms with Crippen molar-refractivity contribution in [1.82, 2.24) is 14.9 Å². The summed E-state index contributed by atoms with van der Waals surface area (Å²) in [6.07, 6.45) is 3.76. The van der Waals surface area contributed by atoms with Gasteiger partial charge in [0.05, 0.1) is 17.6 Å². The highest BCUT2D eigenvalue weighted by Crippen LogP contribution is 2.35. The number of rotatable bonds is 12. The summed E-state index contributed by atoms with van der Waals surface area (Å²) < 4.78 is 25.1. The van der Waals surface area contributed by atoms with Crippen molar-refractivity contribution in [1.29, 1.82) is 0 Å². The van der Waals surface area contributed by atoms with E-state index in [0.717, 1.165) is 24.6 Å². The number of fused-ring (bicyclic) bond motifs is 1. The second-order valence-electron chi connectivity index (χ2n) is 7.78. The molecule has 0 atom stereocenters. The molecule has 176 valence electrons. The van der Waals surface area contributed by atoms with E-state index in [9.17, 15) is 9.18 Å². The molecule has 1 aromatic heterocycles. The number of benzene rings is 2. The molecule has 0 saturated heterocycles. The van der Waals surface area contributed by atoms with Gasteiger partial charge in [-0.2, -0.15) is 0 Å². The quantitative estimate of drug-likeness (QED) is 0.284. The summed E-state index contributed by atoms with van der Waals surface area (Å²) in [5.41, 5.74) is 1.27. The van der Waals surface area contributed by atoms with Gasteiger partial charge in [-0.15, -0.1) is 0 Å². The predicted molar refractivity (Wildman–Crippen MR) is 128 cm³/mol. The molecule has 1 heterocycles. The summed E-state index contributed by atoms with van der Waals surface area (Å²) >= 11 is 5.90. The van der Waals surface area contributed by atoms with Crippen molar-refractivity contribution in [2.75, 3.05) is 32.1 Å². The molecule has 0 aliphatic carbocycles. The van der Waals surface area contributed by atoms with Crippen LogP contribution in [0.5, 0.6) is 11.5 Å². The van der Waals surface area contributed by atoms with Gasteiger partial charge in [-0.3, -0.25) is 4.90 Å². The van der Waals surface area contributed by atoms with Crippen LogP contribution < -0.4 is 14.8 Å². The number of hydrogen-bond acceptors (Lipinski definition) is 7. The summed E-state index contributed by atoms with van der Waals surface area (Å²) in [6.45, 7) is 6.23. The van der Waals surface area contributed by atoms with Gasteiger partial charge in [-0.25, -0.2) is 14.4 Å². The Kier molecular flexibility index (Phi) is 8.79. The minimum Gasteiger partial charge on any atom is -0.493 e. The lowest BCUT2D eigenvalue weighted by Gasteiger charge is -2.26. The van der Waals surface area contributed by atoms with Crippen molar-refractivity contribution >= 4 is 40.3 Å². The third-order valence-electron chi connectivity index (χ3n) is 5.24. The standard InChI is InChI=1S/C24H28ClFN4O3/c1-16(2)30(8-4-5-10-31)9-11-33-23-13-18-21(14-22(23)32-3)27-15-28-24(18)29-17-6-7-20(26)19(25)12-17/h6-7,10,12-16H,4-5,8-9,11H2,1-3H3,(H,27,28,29). The number of anilines is 2. The largest absolute Gasteiger partial charge is 0.493 e. The van der Waals surface area contributed by atoms with Crippen molar-refractivity contribution in [3.63, 3.8) is 0 Å². The first kappa shape index (κ1) is 24.7. The number of halogens is 2. The molecule has 2 aromatic carbocycles. The molecule has 0 fully saturated rings. The Hall–Kier alpha value is -2.97. The van der Waals surface area contributed by atoms with E-state index in [-0.39, 0.29) is 5.02 Å². The first-order valence-electron chi connectivity index (χ1n) is 10.8. The maximum absolute atomic E-state index is 13.5. The van der Waals surface area contributed by atoms with Crippen molar-refractivity contribution in [2.45, 2.75) is 32.7 Å². The minimum absolute atomic E-state index is 0.0203. The van der Waals surface area contributed by atoms with Crippen LogP contribution in [0, 0.1) is 5.82 Å². The van der Waals surface area contributed by atoms with Crippen molar-refractivity contribution in [3.05, 3.63) is 47.5 Å². The fraction of sp³-hybridized carbons (Fsp3) is 0.375. The van der Waals surface area contributed by atoms with Crippen LogP contribution in [0.1, 0.15) is 26.7 Å². The average Bonchev–Trinajstić information content (AvgIpc) is 2.80. The van der Waals surface area contributed by atoms with E-state index in [1.807, 2.05) is 6.07 Å². The summed E-state index contributed by atoms with van der Waals surface area (Å²) in [4.78, 5) is 21.5. The molecule has 1 N–H and O–H groups in total. The number of carbonyl (C=O) groups excluding carboxylic acids is 1. The molecule has 3 rings (SSSR count). The van der Waals surface area contributed by atoms with Crippen LogP contribution in [-0.2, 0) is 4.79 Å². The van der Waals surface area contributed by atoms with Crippen LogP contribution in [0.15, 0.2) is 36.7 Å². The zero-order chi connectivity index (χ0) is 23.8. The molecule has 0 unspecified atom stereocenters. The summed E-state index contributed by atoms with van der Waals surface area (Å²) in [6, 6.07) is 8.33. The van der Waals surface area contributed by atoms with Crippen molar-refractivity contribution in [2.24, 2.45) is 0 Å². The van der Waals surface area contributed by atoms with Crippen molar-refractivity contribution < 1.29 is 18.7 Å². The number of methoxy groups -OCH3 is 1. The Morgan fingerprint density at radius 3 is 2.70 bits per heavy atom. The lowest BCUT2D eigenvalue weighted by atomic mass is 10.2. The number of aromatic nitrogens is 2. The number of nitrogens with one attached hydrogen (secondary N) is 1. The molecule has 0 bridgehead atoms. The molecule has 7 nitrogen and oxygen atoms in total. The highest BCUT2D eigenvalue weighted by atomic mass is 35.5. The second-order valence-corrected chi connectivity index (χ2v) is 8.19. The molecule has 0 spiro atoms. The zero-order valence-electron chi connectivity index (χ0n) is 19.0. The van der Waals surface area contributed by atoms with Crippen LogP contribution in [0.3, 0.4) is 0 Å². The Morgan fingerprint density at radius 1 is 1.18 bits per heavy atom. The number of hydrogen-bond donors (Lipinski definition) is 1. The maximum atomic E-state index is 13.5. The van der Waals surface area contributed by atoms with Crippen molar-refractivity contribution in [3.8, 4) is 11.5 Å². The van der Waals surface area contributed by atoms with E-state index in [0.29, 0.717) is 54.1 Å². The second kappa shape index (κ2) is 11.8. The van der Waals surface area contributed by atoms with Crippen LogP contribution in [0.4, 0.5) is 15.9 Å². The Bertz CT molecular complexity index is 1100. The van der Waals surface area contributed by atoms with Gasteiger partial charge in [0.1, 0.15) is 30.9 Å². The van der Waals surface area contributed by atoms with Crippen LogP contribution >= 0.6 is 11.6 Å². The number of ether oxygens (including phenoxy) is 2. The fourth-order valence-electron chi connectivity index (χ4n) is 3.43. The van der Waals surface area contributed by atoms with Gasteiger partial charge < -0.3 is 19.6 Å². The lowest BCUT2D eigenvalue weighted by molar-refractivity contribution is -0.108. The summed E-state index contributed by atoms with van der Waals surface area (Å²) in [5.74, 6) is 1.18. The van der Waals surface area contributed by atoms with Crippen LogP contribution in [-0.4, -0.2) is 54.0 Å². The average molecular weight is 475 g/mol. The monoisotopic (exact) mass is 474 g/mol. The molecular formula is C24H28ClFN4O3. The minimum atomic E-state index is -0.489. The number of carbonyl (C=O) groups is 1. The topological polar surface area (TPSA) is 76.6 Å². The Labute approximate surface area is 197 Å². The van der Waals surface area contributed by atoms with Gasteiger partial charge in [0.2, 0.25) is 0 Å². The van der Waals surface area contributed by atoms with E-state index < -0.39 is 5.82 Å². The molecule has 0 saturated carbocycles. The molecule has 33 heavy (non-hydrogen) atoms. The number of nitrogens with zero attached hydrogens (tertiary/aromatic N) is 3. The van der Waals surface area contributed by atoms with Gasteiger partial charge in [0, 0.05) is 36.1 Å². The SMILES string of the molecule is COc1cc2ncnc(Nc3ccc(F)c(Cl)c3)c2cc1OCCN(CCCC=O)C(C)C. The van der Waals surface area contributed by atoms with Gasteiger partial charge in [0.25, 0.3) is 0 Å². The highest BCUT2D eigenvalue weighted by molar-refractivity contribution is 6.31. The normalized spacial score (nSPS) is 11.2. The molecule has 0 aliphatic rings. The first-order valence-corrected chi connectivity index (χ1v) is 11.2. The third kappa shape index (κ3) is 6.52. The third-order valence-corrected chi connectivity index (χ3v) is 5.53. The zero-order valence-corrected chi connectivity index (χ0v) is 19.7. The molecule has 0 radical (unpaired) electrons. The molecule has 0 amide bonds. The van der Waals surface area contributed by atoms with Gasteiger partial charge in [-0.05, 0) is 51.1 Å². The number of unbranched alkanes of at least 4 members (excludes halogenated alkanes) is 1. The van der Waals surface area contributed by atoms with E-state index >= 15 is 0 Å². The first-order chi connectivity index (χ1) is 15.9. The van der Waals surface area contributed by atoms with Gasteiger partial charge in [-0.1, -0.05) is 11.6 Å². The molecular weight excluding hydrogens is 447 g/mol. The Morgan fingerprint density at radius 2 is 2.00 bits per heavy atom. The number of aldehydes is 1. The molecule has 0 aliphatic heterocycles. The van der Waals surface area contributed by atoms with E-state index in [2.05, 4.69) is 34.0 Å². The lowest BCUT2D eigenvalue weighted by Crippen LogP contribution is -2.35. The van der Waals surface area contributed by atoms with Crippen LogP contribution in [0.25, 0.3) is 10.9 Å². The predicted octanol–water partition coefficient (Wildman–Crippen LogP) is 5.24. The van der Waals surface area contributed by atoms with E-state index in [1.54, 1.807) is 19.2 Å². The Balaban J connectivity index is 1.80. The fourth-order valence-corrected chi connectivity index (χ4v) is 3.61. The van der Waals surface area contributed by atoms with Gasteiger partial charge >= 0.3 is 0 Å². The summed E-state index contributed by atoms with van der Waals surface area (Å²) in [5, 5.41) is 3.91. The van der Waals surface area contributed by atoms with Crippen LogP contribution in [0.2, 0.25) is 5.02 Å². The van der Waals surface area contributed by atoms with E-state index in [1.165, 1.54) is 18.5 Å².